The highest BCUT2D eigenvalue weighted by Crippen LogP contribution is 2.28. The number of esters is 1. The second-order valence-corrected chi connectivity index (χ2v) is 5.65. The molecule has 0 bridgehead atoms. The maximum atomic E-state index is 11.2. The lowest BCUT2D eigenvalue weighted by Crippen LogP contribution is -1.98. The van der Waals surface area contributed by atoms with Crippen molar-refractivity contribution in [1.82, 2.24) is 10.2 Å². The lowest BCUT2D eigenvalue weighted by Gasteiger charge is -1.95. The minimum absolute atomic E-state index is 0.212. The van der Waals surface area contributed by atoms with Crippen LogP contribution < -0.4 is 5.32 Å². The maximum absolute atomic E-state index is 11.2. The summed E-state index contributed by atoms with van der Waals surface area (Å²) in [4.78, 5) is 11.2. The quantitative estimate of drug-likeness (QED) is 0.649. The normalized spacial score (nSPS) is 10.4. The van der Waals surface area contributed by atoms with Crippen LogP contribution in [0.4, 0.5) is 5.13 Å². The van der Waals surface area contributed by atoms with E-state index >= 15 is 0 Å². The smallest absolute Gasteiger partial charge is 0.373 e. The number of nitrogens with zero attached hydrogens (tertiary/aromatic N) is 2. The summed E-state index contributed by atoms with van der Waals surface area (Å²) in [5.41, 5.74) is 0. The summed E-state index contributed by atoms with van der Waals surface area (Å²) >= 11 is 3.00. The third kappa shape index (κ3) is 3.71. The van der Waals surface area contributed by atoms with Crippen molar-refractivity contribution in [1.29, 1.82) is 0 Å². The Hall–Kier alpha value is -1.54. The number of nitrogens with one attached hydrogen (secondary N) is 1. The van der Waals surface area contributed by atoms with Crippen LogP contribution in [0.2, 0.25) is 0 Å². The monoisotopic (exact) mass is 299 g/mol. The molecular formula is C11H13N3O3S2. The molecule has 6 nitrogen and oxygen atoms in total. The molecule has 2 rings (SSSR count). The number of furan rings is 1. The van der Waals surface area contributed by atoms with Gasteiger partial charge in [0.25, 0.3) is 0 Å². The number of carbonyl (C=O) groups is 1. The zero-order valence-corrected chi connectivity index (χ0v) is 12.1. The number of anilines is 1. The third-order valence-electron chi connectivity index (χ3n) is 2.12. The Morgan fingerprint density at radius 2 is 2.37 bits per heavy atom. The van der Waals surface area contributed by atoms with Gasteiger partial charge in [0.05, 0.1) is 12.9 Å². The first kappa shape index (κ1) is 13.9. The largest absolute Gasteiger partial charge is 0.463 e. The Labute approximate surface area is 118 Å². The zero-order chi connectivity index (χ0) is 13.7. The van der Waals surface area contributed by atoms with E-state index in [1.54, 1.807) is 12.1 Å². The molecule has 0 spiro atoms. The van der Waals surface area contributed by atoms with Crippen molar-refractivity contribution in [2.45, 2.75) is 17.0 Å². The van der Waals surface area contributed by atoms with Gasteiger partial charge >= 0.3 is 5.97 Å². The van der Waals surface area contributed by atoms with Gasteiger partial charge in [-0.2, -0.15) is 0 Å². The van der Waals surface area contributed by atoms with Crippen molar-refractivity contribution in [2.75, 3.05) is 19.0 Å². The average molecular weight is 299 g/mol. The maximum Gasteiger partial charge on any atom is 0.373 e. The van der Waals surface area contributed by atoms with E-state index in [4.69, 9.17) is 4.42 Å². The van der Waals surface area contributed by atoms with Gasteiger partial charge in [-0.3, -0.25) is 0 Å². The molecule has 0 aliphatic carbocycles. The van der Waals surface area contributed by atoms with Crippen molar-refractivity contribution in [3.8, 4) is 0 Å². The molecule has 1 N–H and O–H groups in total. The van der Waals surface area contributed by atoms with E-state index in [1.165, 1.54) is 30.2 Å². The SMILES string of the molecule is CCNc1nnc(SCc2ccc(C(=O)OC)o2)s1. The van der Waals surface area contributed by atoms with Gasteiger partial charge in [0.2, 0.25) is 10.9 Å². The molecule has 2 heterocycles. The Kier molecular flexibility index (Phi) is 4.80. The minimum Gasteiger partial charge on any atom is -0.463 e. The molecule has 0 saturated heterocycles. The fourth-order valence-corrected chi connectivity index (χ4v) is 3.00. The summed E-state index contributed by atoms with van der Waals surface area (Å²) in [6.45, 7) is 2.82. The van der Waals surface area contributed by atoms with Crippen molar-refractivity contribution in [3.05, 3.63) is 23.7 Å². The topological polar surface area (TPSA) is 77.2 Å². The van der Waals surface area contributed by atoms with Crippen LogP contribution >= 0.6 is 23.1 Å². The number of ether oxygens (including phenoxy) is 1. The lowest BCUT2D eigenvalue weighted by atomic mass is 10.4. The molecular weight excluding hydrogens is 286 g/mol. The fourth-order valence-electron chi connectivity index (χ4n) is 1.29. The molecule has 102 valence electrons. The summed E-state index contributed by atoms with van der Waals surface area (Å²) in [5.74, 6) is 1.04. The molecule has 2 aromatic rings. The minimum atomic E-state index is -0.471. The van der Waals surface area contributed by atoms with Crippen LogP contribution in [0, 0.1) is 0 Å². The molecule has 0 amide bonds. The molecule has 0 aromatic carbocycles. The van der Waals surface area contributed by atoms with E-state index in [2.05, 4.69) is 20.3 Å². The van der Waals surface area contributed by atoms with Crippen molar-refractivity contribution >= 4 is 34.2 Å². The summed E-state index contributed by atoms with van der Waals surface area (Å²) < 4.78 is 10.8. The molecule has 0 fully saturated rings. The molecule has 19 heavy (non-hydrogen) atoms. The van der Waals surface area contributed by atoms with E-state index in [0.717, 1.165) is 16.0 Å². The number of thioether (sulfide) groups is 1. The van der Waals surface area contributed by atoms with E-state index in [1.807, 2.05) is 6.92 Å². The van der Waals surface area contributed by atoms with Gasteiger partial charge in [-0.15, -0.1) is 10.2 Å². The number of hydrogen-bond acceptors (Lipinski definition) is 8. The molecule has 0 aliphatic heterocycles. The van der Waals surface area contributed by atoms with E-state index in [-0.39, 0.29) is 5.76 Å². The molecule has 2 aromatic heterocycles. The standard InChI is InChI=1S/C11H13N3O3S2/c1-3-12-10-13-14-11(19-10)18-6-7-4-5-8(17-7)9(15)16-2/h4-5H,3,6H2,1-2H3,(H,12,13). The number of rotatable bonds is 6. The number of carbonyl (C=O) groups excluding carboxylic acids is 1. The van der Waals surface area contributed by atoms with E-state index in [0.29, 0.717) is 11.5 Å². The van der Waals surface area contributed by atoms with Gasteiger partial charge in [0, 0.05) is 6.54 Å². The second-order valence-electron chi connectivity index (χ2n) is 3.45. The van der Waals surface area contributed by atoms with Gasteiger partial charge < -0.3 is 14.5 Å². The van der Waals surface area contributed by atoms with E-state index in [9.17, 15) is 4.79 Å². The van der Waals surface area contributed by atoms with Crippen LogP contribution in [-0.4, -0.2) is 29.8 Å². The van der Waals surface area contributed by atoms with Gasteiger partial charge in [0.1, 0.15) is 5.76 Å². The molecule has 0 unspecified atom stereocenters. The van der Waals surface area contributed by atoms with E-state index < -0.39 is 5.97 Å². The lowest BCUT2D eigenvalue weighted by molar-refractivity contribution is 0.0563. The Morgan fingerprint density at radius 1 is 1.53 bits per heavy atom. The Bertz CT molecular complexity index is 553. The van der Waals surface area contributed by atoms with Gasteiger partial charge in [0.15, 0.2) is 4.34 Å². The number of methoxy groups -OCH3 is 1. The first-order valence-corrected chi connectivity index (χ1v) is 7.40. The average Bonchev–Trinajstić information content (AvgIpc) is 3.05. The van der Waals surface area contributed by atoms with Crippen LogP contribution in [0.1, 0.15) is 23.2 Å². The third-order valence-corrected chi connectivity index (χ3v) is 4.16. The first-order valence-electron chi connectivity index (χ1n) is 5.60. The number of aromatic nitrogens is 2. The predicted molar refractivity (Wildman–Crippen MR) is 73.7 cm³/mol. The Morgan fingerprint density at radius 3 is 3.11 bits per heavy atom. The summed E-state index contributed by atoms with van der Waals surface area (Å²) in [7, 11) is 1.32. The van der Waals surface area contributed by atoms with Gasteiger partial charge in [-0.25, -0.2) is 4.79 Å². The van der Waals surface area contributed by atoms with Crippen LogP contribution in [0.3, 0.4) is 0 Å². The summed E-state index contributed by atoms with van der Waals surface area (Å²) in [6.07, 6.45) is 0. The molecule has 8 heteroatoms. The second kappa shape index (κ2) is 6.58. The number of hydrogen-bond donors (Lipinski definition) is 1. The van der Waals surface area contributed by atoms with Crippen LogP contribution in [0.15, 0.2) is 20.9 Å². The molecule has 0 saturated carbocycles. The van der Waals surface area contributed by atoms with Crippen molar-refractivity contribution in [3.63, 3.8) is 0 Å². The fraction of sp³-hybridized carbons (Fsp3) is 0.364. The highest BCUT2D eigenvalue weighted by atomic mass is 32.2. The zero-order valence-electron chi connectivity index (χ0n) is 10.5. The van der Waals surface area contributed by atoms with Crippen molar-refractivity contribution < 1.29 is 13.9 Å². The summed E-state index contributed by atoms with van der Waals surface area (Å²) in [6, 6.07) is 3.36. The first-order chi connectivity index (χ1) is 9.22. The van der Waals surface area contributed by atoms with Gasteiger partial charge in [-0.05, 0) is 19.1 Å². The molecule has 0 atom stereocenters. The van der Waals surface area contributed by atoms with Crippen molar-refractivity contribution in [2.24, 2.45) is 0 Å². The molecule has 0 radical (unpaired) electrons. The predicted octanol–water partition coefficient (Wildman–Crippen LogP) is 2.64. The highest BCUT2D eigenvalue weighted by Gasteiger charge is 2.12. The summed E-state index contributed by atoms with van der Waals surface area (Å²) in [5, 5.41) is 11.9. The van der Waals surface area contributed by atoms with Crippen LogP contribution in [-0.2, 0) is 10.5 Å². The Balaban J connectivity index is 1.90. The van der Waals surface area contributed by atoms with Gasteiger partial charge in [-0.1, -0.05) is 23.1 Å². The highest BCUT2D eigenvalue weighted by molar-refractivity contribution is 8.00. The van der Waals surface area contributed by atoms with Crippen LogP contribution in [0.5, 0.6) is 0 Å². The van der Waals surface area contributed by atoms with Crippen LogP contribution in [0.25, 0.3) is 0 Å². The molecule has 0 aliphatic rings.